The van der Waals surface area contributed by atoms with Crippen LogP contribution in [-0.2, 0) is 13.1 Å². The quantitative estimate of drug-likeness (QED) is 0.461. The normalized spacial score (nSPS) is 11.5. The van der Waals surface area contributed by atoms with Gasteiger partial charge in [-0.25, -0.2) is 0 Å². The van der Waals surface area contributed by atoms with Gasteiger partial charge in [-0.3, -0.25) is 0 Å². The summed E-state index contributed by atoms with van der Waals surface area (Å²) in [6.07, 6.45) is 8.14. The zero-order chi connectivity index (χ0) is 15.1. The highest BCUT2D eigenvalue weighted by atomic mass is 15.0. The van der Waals surface area contributed by atoms with E-state index in [2.05, 4.69) is 71.1 Å². The molecule has 0 saturated carbocycles. The van der Waals surface area contributed by atoms with Crippen molar-refractivity contribution in [1.82, 2.24) is 9.13 Å². The molecule has 0 atom stereocenters. The van der Waals surface area contributed by atoms with Gasteiger partial charge in [0.1, 0.15) is 0 Å². The highest BCUT2D eigenvalue weighted by Crippen LogP contribution is 2.32. The molecule has 0 aliphatic carbocycles. The van der Waals surface area contributed by atoms with E-state index in [1.807, 2.05) is 12.2 Å². The maximum atomic E-state index is 3.83. The molecule has 0 unspecified atom stereocenters. The Morgan fingerprint density at radius 2 is 1.09 bits per heavy atom. The maximum Gasteiger partial charge on any atom is 0.0489 e. The van der Waals surface area contributed by atoms with Crippen LogP contribution in [0.2, 0.25) is 0 Å². The van der Waals surface area contributed by atoms with Crippen molar-refractivity contribution in [2.45, 2.75) is 13.1 Å². The van der Waals surface area contributed by atoms with Crippen molar-refractivity contribution in [3.05, 3.63) is 74.1 Å². The topological polar surface area (TPSA) is 9.86 Å². The van der Waals surface area contributed by atoms with Crippen LogP contribution in [0.5, 0.6) is 0 Å². The van der Waals surface area contributed by atoms with Crippen molar-refractivity contribution in [2.75, 3.05) is 0 Å². The smallest absolute Gasteiger partial charge is 0.0489 e. The van der Waals surface area contributed by atoms with Gasteiger partial charge in [0.25, 0.3) is 0 Å². The molecule has 2 aromatic carbocycles. The molecule has 0 N–H and O–H groups in total. The molecule has 22 heavy (non-hydrogen) atoms. The molecule has 0 amide bonds. The van der Waals surface area contributed by atoms with Crippen LogP contribution in [0.1, 0.15) is 0 Å². The molecule has 0 aliphatic rings. The van der Waals surface area contributed by atoms with Crippen LogP contribution < -0.4 is 0 Å². The summed E-state index contributed by atoms with van der Waals surface area (Å²) in [7, 11) is 0. The molecule has 0 saturated heterocycles. The van der Waals surface area contributed by atoms with Crippen LogP contribution in [0.25, 0.3) is 32.6 Å². The molecular weight excluding hydrogens is 268 g/mol. The average molecular weight is 286 g/mol. The van der Waals surface area contributed by atoms with Crippen molar-refractivity contribution >= 4 is 32.6 Å². The van der Waals surface area contributed by atoms with E-state index in [0.29, 0.717) is 0 Å². The molecule has 0 bridgehead atoms. The minimum absolute atomic E-state index is 0.840. The average Bonchev–Trinajstić information content (AvgIpc) is 3.13. The number of allylic oxidation sites excluding steroid dienone is 2. The standard InChI is InChI=1S/C20H18N2/c1-3-11-21-13-9-17-15-6-8-20-18(10-14-22(20)12-4-2)16(15)5-7-19(17)21/h3-10,13-14H,1-2,11-12H2. The minimum Gasteiger partial charge on any atom is -0.344 e. The molecule has 2 aromatic heterocycles. The highest BCUT2D eigenvalue weighted by molar-refractivity contribution is 6.16. The monoisotopic (exact) mass is 286 g/mol. The summed E-state index contributed by atoms with van der Waals surface area (Å²) in [6, 6.07) is 13.3. The van der Waals surface area contributed by atoms with Gasteiger partial charge >= 0.3 is 0 Å². The second kappa shape index (κ2) is 4.92. The first-order chi connectivity index (χ1) is 10.8. The van der Waals surface area contributed by atoms with E-state index in [1.165, 1.54) is 32.6 Å². The van der Waals surface area contributed by atoms with E-state index in [-0.39, 0.29) is 0 Å². The fourth-order valence-corrected chi connectivity index (χ4v) is 3.37. The predicted octanol–water partition coefficient (Wildman–Crippen LogP) is 5.12. The third-order valence-electron chi connectivity index (χ3n) is 4.35. The fourth-order valence-electron chi connectivity index (χ4n) is 3.37. The van der Waals surface area contributed by atoms with Crippen LogP contribution in [-0.4, -0.2) is 9.13 Å². The first kappa shape index (κ1) is 13.0. The SMILES string of the molecule is C=CCn1ccc2c3ccc4c(ccn4CC=C)c3ccc21. The van der Waals surface area contributed by atoms with Crippen LogP contribution in [0.3, 0.4) is 0 Å². The number of fused-ring (bicyclic) bond motifs is 5. The Bertz CT molecular complexity index is 931. The summed E-state index contributed by atoms with van der Waals surface area (Å²) in [4.78, 5) is 0. The Balaban J connectivity index is 2.05. The van der Waals surface area contributed by atoms with Gasteiger partial charge in [0.15, 0.2) is 0 Å². The Morgan fingerprint density at radius 3 is 1.50 bits per heavy atom. The Morgan fingerprint density at radius 1 is 0.636 bits per heavy atom. The van der Waals surface area contributed by atoms with Gasteiger partial charge < -0.3 is 9.13 Å². The van der Waals surface area contributed by atoms with Crippen molar-refractivity contribution in [1.29, 1.82) is 0 Å². The number of benzene rings is 2. The Labute approximate surface area is 129 Å². The molecule has 2 heterocycles. The van der Waals surface area contributed by atoms with Gasteiger partial charge in [-0.05, 0) is 35.0 Å². The number of rotatable bonds is 4. The summed E-state index contributed by atoms with van der Waals surface area (Å²) < 4.78 is 4.46. The molecule has 4 aromatic rings. The van der Waals surface area contributed by atoms with E-state index in [0.717, 1.165) is 13.1 Å². The molecule has 0 radical (unpaired) electrons. The number of aromatic nitrogens is 2. The largest absolute Gasteiger partial charge is 0.344 e. The van der Waals surface area contributed by atoms with Crippen molar-refractivity contribution < 1.29 is 0 Å². The molecular formula is C20H18N2. The molecule has 0 spiro atoms. The minimum atomic E-state index is 0.840. The second-order valence-corrected chi connectivity index (χ2v) is 5.61. The van der Waals surface area contributed by atoms with Gasteiger partial charge in [-0.15, -0.1) is 13.2 Å². The van der Waals surface area contributed by atoms with Crippen LogP contribution in [0, 0.1) is 0 Å². The zero-order valence-corrected chi connectivity index (χ0v) is 12.5. The van der Waals surface area contributed by atoms with Gasteiger partial charge in [0.2, 0.25) is 0 Å². The lowest BCUT2D eigenvalue weighted by molar-refractivity contribution is 0.865. The summed E-state index contributed by atoms with van der Waals surface area (Å²) in [5.41, 5.74) is 2.52. The highest BCUT2D eigenvalue weighted by Gasteiger charge is 2.09. The van der Waals surface area contributed by atoms with E-state index in [4.69, 9.17) is 0 Å². The summed E-state index contributed by atoms with van der Waals surface area (Å²) in [5, 5.41) is 5.23. The number of nitrogens with zero attached hydrogens (tertiary/aromatic N) is 2. The van der Waals surface area contributed by atoms with Crippen molar-refractivity contribution in [3.8, 4) is 0 Å². The van der Waals surface area contributed by atoms with Gasteiger partial charge in [0, 0.05) is 47.3 Å². The van der Waals surface area contributed by atoms with Crippen LogP contribution >= 0.6 is 0 Å². The van der Waals surface area contributed by atoms with Crippen molar-refractivity contribution in [3.63, 3.8) is 0 Å². The number of hydrogen-bond donors (Lipinski definition) is 0. The molecule has 2 heteroatoms. The fraction of sp³-hybridized carbons (Fsp3) is 0.100. The number of hydrogen-bond acceptors (Lipinski definition) is 0. The zero-order valence-electron chi connectivity index (χ0n) is 12.5. The predicted molar refractivity (Wildman–Crippen MR) is 95.3 cm³/mol. The van der Waals surface area contributed by atoms with E-state index in [1.54, 1.807) is 0 Å². The molecule has 0 fully saturated rings. The molecule has 108 valence electrons. The van der Waals surface area contributed by atoms with E-state index in [9.17, 15) is 0 Å². The Kier molecular flexibility index (Phi) is 2.90. The van der Waals surface area contributed by atoms with Crippen LogP contribution in [0.15, 0.2) is 74.1 Å². The first-order valence-corrected chi connectivity index (χ1v) is 7.54. The lowest BCUT2D eigenvalue weighted by Gasteiger charge is -2.06. The third-order valence-corrected chi connectivity index (χ3v) is 4.35. The lowest BCUT2D eigenvalue weighted by Crippen LogP contribution is -1.92. The Hall–Kier alpha value is -2.74. The van der Waals surface area contributed by atoms with Gasteiger partial charge in [-0.1, -0.05) is 24.3 Å². The van der Waals surface area contributed by atoms with Gasteiger partial charge in [0.05, 0.1) is 0 Å². The summed E-state index contributed by atoms with van der Waals surface area (Å²) >= 11 is 0. The van der Waals surface area contributed by atoms with Crippen molar-refractivity contribution in [2.24, 2.45) is 0 Å². The van der Waals surface area contributed by atoms with Gasteiger partial charge in [-0.2, -0.15) is 0 Å². The molecule has 4 rings (SSSR count). The maximum absolute atomic E-state index is 3.83. The summed E-state index contributed by atoms with van der Waals surface area (Å²) in [5.74, 6) is 0. The van der Waals surface area contributed by atoms with E-state index >= 15 is 0 Å². The first-order valence-electron chi connectivity index (χ1n) is 7.54. The lowest BCUT2D eigenvalue weighted by atomic mass is 10.0. The van der Waals surface area contributed by atoms with Crippen LogP contribution in [0.4, 0.5) is 0 Å². The third kappa shape index (κ3) is 1.74. The molecule has 2 nitrogen and oxygen atoms in total. The van der Waals surface area contributed by atoms with E-state index < -0.39 is 0 Å². The summed E-state index contributed by atoms with van der Waals surface area (Å²) in [6.45, 7) is 9.35. The molecule has 0 aliphatic heterocycles. The second-order valence-electron chi connectivity index (χ2n) is 5.61.